The quantitative estimate of drug-likeness (QED) is 0.761. The van der Waals surface area contributed by atoms with Crippen molar-refractivity contribution in [3.05, 3.63) is 29.3 Å². The minimum absolute atomic E-state index is 0.0338. The molecular weight excluding hydrogens is 190 g/mol. The normalized spacial score (nSPS) is 15.7. The van der Waals surface area contributed by atoms with Gasteiger partial charge in [0.25, 0.3) is 5.91 Å². The van der Waals surface area contributed by atoms with Crippen molar-refractivity contribution in [1.82, 2.24) is 4.90 Å². The number of carbonyl (C=O) groups is 1. The second-order valence-electron chi connectivity index (χ2n) is 4.06. The Morgan fingerprint density at radius 1 is 1.27 bits per heavy atom. The Morgan fingerprint density at radius 2 is 1.93 bits per heavy atom. The number of nitrogens with zero attached hydrogens (tertiary/aromatic N) is 1. The van der Waals surface area contributed by atoms with E-state index in [2.05, 4.69) is 0 Å². The third kappa shape index (κ3) is 2.12. The first-order valence-corrected chi connectivity index (χ1v) is 5.27. The summed E-state index contributed by atoms with van der Waals surface area (Å²) in [7, 11) is 0. The molecule has 1 aliphatic heterocycles. The van der Waals surface area contributed by atoms with E-state index in [1.165, 1.54) is 6.07 Å². The minimum Gasteiger partial charge on any atom is -0.508 e. The van der Waals surface area contributed by atoms with Gasteiger partial charge in [-0.1, -0.05) is 0 Å². The Balaban J connectivity index is 2.24. The maximum atomic E-state index is 12.0. The van der Waals surface area contributed by atoms with Crippen LogP contribution in [-0.4, -0.2) is 29.0 Å². The molecule has 0 unspecified atom stereocenters. The Kier molecular flexibility index (Phi) is 2.62. The van der Waals surface area contributed by atoms with Gasteiger partial charge in [-0.25, -0.2) is 0 Å². The number of phenolic OH excluding ortho intramolecular Hbond substituents is 1. The van der Waals surface area contributed by atoms with Gasteiger partial charge in [-0.05, 0) is 43.5 Å². The second kappa shape index (κ2) is 3.93. The van der Waals surface area contributed by atoms with Crippen molar-refractivity contribution in [3.8, 4) is 5.75 Å². The van der Waals surface area contributed by atoms with Crippen molar-refractivity contribution >= 4 is 5.91 Å². The van der Waals surface area contributed by atoms with Gasteiger partial charge in [0.2, 0.25) is 0 Å². The standard InChI is InChI=1S/C12H15NO2/c1-9-6-10(8-11(14)7-9)12(15)13-4-2-3-5-13/h6-8,14H,2-5H2,1H3. The Bertz CT molecular complexity index is 361. The van der Waals surface area contributed by atoms with E-state index >= 15 is 0 Å². The molecule has 1 amide bonds. The van der Waals surface area contributed by atoms with Crippen molar-refractivity contribution in [1.29, 1.82) is 0 Å². The van der Waals surface area contributed by atoms with Gasteiger partial charge in [0.15, 0.2) is 0 Å². The molecule has 3 nitrogen and oxygen atoms in total. The number of benzene rings is 1. The Morgan fingerprint density at radius 3 is 2.53 bits per heavy atom. The third-order valence-electron chi connectivity index (χ3n) is 2.70. The summed E-state index contributed by atoms with van der Waals surface area (Å²) in [6.45, 7) is 3.56. The maximum absolute atomic E-state index is 12.0. The summed E-state index contributed by atoms with van der Waals surface area (Å²) >= 11 is 0. The van der Waals surface area contributed by atoms with Crippen molar-refractivity contribution in [2.75, 3.05) is 13.1 Å². The van der Waals surface area contributed by atoms with E-state index in [-0.39, 0.29) is 11.7 Å². The molecule has 1 saturated heterocycles. The molecule has 1 N–H and O–H groups in total. The number of aromatic hydroxyl groups is 1. The fraction of sp³-hybridized carbons (Fsp3) is 0.417. The van der Waals surface area contributed by atoms with Crippen molar-refractivity contribution < 1.29 is 9.90 Å². The first-order valence-electron chi connectivity index (χ1n) is 5.27. The number of amides is 1. The predicted molar refractivity (Wildman–Crippen MR) is 58.0 cm³/mol. The Hall–Kier alpha value is -1.51. The summed E-state index contributed by atoms with van der Waals surface area (Å²) in [6, 6.07) is 5.01. The highest BCUT2D eigenvalue weighted by atomic mass is 16.3. The third-order valence-corrected chi connectivity index (χ3v) is 2.70. The van der Waals surface area contributed by atoms with E-state index in [0.717, 1.165) is 31.5 Å². The molecule has 0 atom stereocenters. The van der Waals surface area contributed by atoms with Crippen LogP contribution in [0.5, 0.6) is 5.75 Å². The zero-order valence-corrected chi connectivity index (χ0v) is 8.86. The summed E-state index contributed by atoms with van der Waals surface area (Å²) in [6.07, 6.45) is 2.17. The molecule has 0 bridgehead atoms. The van der Waals surface area contributed by atoms with E-state index in [1.807, 2.05) is 17.9 Å². The zero-order valence-electron chi connectivity index (χ0n) is 8.86. The lowest BCUT2D eigenvalue weighted by Gasteiger charge is -2.15. The summed E-state index contributed by atoms with van der Waals surface area (Å²) in [5.41, 5.74) is 1.51. The van der Waals surface area contributed by atoms with Gasteiger partial charge in [-0.15, -0.1) is 0 Å². The minimum atomic E-state index is 0.0338. The molecule has 1 aromatic rings. The molecule has 1 aromatic carbocycles. The summed E-state index contributed by atoms with van der Waals surface area (Å²) in [5, 5.41) is 9.41. The van der Waals surface area contributed by atoms with Crippen LogP contribution in [0.15, 0.2) is 18.2 Å². The highest BCUT2D eigenvalue weighted by Gasteiger charge is 2.19. The molecule has 0 saturated carbocycles. The van der Waals surface area contributed by atoms with Crippen molar-refractivity contribution in [3.63, 3.8) is 0 Å². The summed E-state index contributed by atoms with van der Waals surface area (Å²) in [5.74, 6) is 0.198. The number of aryl methyl sites for hydroxylation is 1. The molecule has 0 radical (unpaired) electrons. The molecule has 0 aromatic heterocycles. The Labute approximate surface area is 89.3 Å². The molecule has 0 spiro atoms. The van der Waals surface area contributed by atoms with Crippen LogP contribution in [0.2, 0.25) is 0 Å². The lowest BCUT2D eigenvalue weighted by Crippen LogP contribution is -2.27. The molecule has 0 aliphatic carbocycles. The van der Waals surface area contributed by atoms with Crippen LogP contribution >= 0.6 is 0 Å². The smallest absolute Gasteiger partial charge is 0.253 e. The van der Waals surface area contributed by atoms with Gasteiger partial charge in [-0.3, -0.25) is 4.79 Å². The number of carbonyl (C=O) groups excluding carboxylic acids is 1. The molecule has 80 valence electrons. The predicted octanol–water partition coefficient (Wildman–Crippen LogP) is 1.94. The lowest BCUT2D eigenvalue weighted by atomic mass is 10.1. The lowest BCUT2D eigenvalue weighted by molar-refractivity contribution is 0.0792. The average molecular weight is 205 g/mol. The molecule has 3 heteroatoms. The van der Waals surface area contributed by atoms with Crippen LogP contribution in [0, 0.1) is 6.92 Å². The van der Waals surface area contributed by atoms with Crippen LogP contribution in [0.1, 0.15) is 28.8 Å². The fourth-order valence-electron chi connectivity index (χ4n) is 1.99. The van der Waals surface area contributed by atoms with Crippen molar-refractivity contribution in [2.45, 2.75) is 19.8 Å². The molecule has 15 heavy (non-hydrogen) atoms. The van der Waals surface area contributed by atoms with Crippen LogP contribution < -0.4 is 0 Å². The SMILES string of the molecule is Cc1cc(O)cc(C(=O)N2CCCC2)c1. The van der Waals surface area contributed by atoms with Crippen molar-refractivity contribution in [2.24, 2.45) is 0 Å². The van der Waals surface area contributed by atoms with E-state index in [9.17, 15) is 9.90 Å². The molecule has 1 fully saturated rings. The molecule has 2 rings (SSSR count). The van der Waals surface area contributed by atoms with Crippen LogP contribution in [0.3, 0.4) is 0 Å². The average Bonchev–Trinajstić information content (AvgIpc) is 2.67. The largest absolute Gasteiger partial charge is 0.508 e. The highest BCUT2D eigenvalue weighted by Crippen LogP contribution is 2.18. The number of rotatable bonds is 1. The summed E-state index contributed by atoms with van der Waals surface area (Å²) < 4.78 is 0. The van der Waals surface area contributed by atoms with E-state index in [1.54, 1.807) is 6.07 Å². The number of phenols is 1. The number of hydrogen-bond acceptors (Lipinski definition) is 2. The first kappa shape index (κ1) is 10.0. The molecule has 1 aliphatic rings. The van der Waals surface area contributed by atoms with E-state index < -0.39 is 0 Å². The highest BCUT2D eigenvalue weighted by molar-refractivity contribution is 5.95. The van der Waals surface area contributed by atoms with Crippen LogP contribution in [0.4, 0.5) is 0 Å². The van der Waals surface area contributed by atoms with Gasteiger partial charge in [-0.2, -0.15) is 0 Å². The zero-order chi connectivity index (χ0) is 10.8. The molecular formula is C12H15NO2. The number of hydrogen-bond donors (Lipinski definition) is 1. The van der Waals surface area contributed by atoms with Gasteiger partial charge < -0.3 is 10.0 Å². The fourth-order valence-corrected chi connectivity index (χ4v) is 1.99. The maximum Gasteiger partial charge on any atom is 0.253 e. The number of likely N-dealkylation sites (tertiary alicyclic amines) is 1. The van der Waals surface area contributed by atoms with E-state index in [0.29, 0.717) is 5.56 Å². The monoisotopic (exact) mass is 205 g/mol. The van der Waals surface area contributed by atoms with Gasteiger partial charge >= 0.3 is 0 Å². The molecule has 1 heterocycles. The first-order chi connectivity index (χ1) is 7.16. The van der Waals surface area contributed by atoms with Gasteiger partial charge in [0, 0.05) is 18.7 Å². The topological polar surface area (TPSA) is 40.5 Å². The van der Waals surface area contributed by atoms with Crippen LogP contribution in [-0.2, 0) is 0 Å². The van der Waals surface area contributed by atoms with Gasteiger partial charge in [0.05, 0.1) is 0 Å². The second-order valence-corrected chi connectivity index (χ2v) is 4.06. The summed E-state index contributed by atoms with van der Waals surface area (Å²) in [4.78, 5) is 13.8. The van der Waals surface area contributed by atoms with Crippen LogP contribution in [0.25, 0.3) is 0 Å². The van der Waals surface area contributed by atoms with Gasteiger partial charge in [0.1, 0.15) is 5.75 Å². The van der Waals surface area contributed by atoms with E-state index in [4.69, 9.17) is 0 Å².